The van der Waals surface area contributed by atoms with Crippen LogP contribution in [0.3, 0.4) is 0 Å². The number of amides is 1. The van der Waals surface area contributed by atoms with Crippen LogP contribution in [0.4, 0.5) is 4.79 Å². The predicted molar refractivity (Wildman–Crippen MR) is 73.7 cm³/mol. The van der Waals surface area contributed by atoms with E-state index in [4.69, 9.17) is 4.74 Å². The maximum atomic E-state index is 11.7. The quantitative estimate of drug-likeness (QED) is 0.844. The summed E-state index contributed by atoms with van der Waals surface area (Å²) < 4.78 is 5.28. The van der Waals surface area contributed by atoms with Crippen molar-refractivity contribution in [2.75, 3.05) is 13.6 Å². The third-order valence-electron chi connectivity index (χ3n) is 3.54. The fourth-order valence-corrected chi connectivity index (χ4v) is 2.39. The molecule has 1 aliphatic rings. The maximum Gasteiger partial charge on any atom is 0.407 e. The number of carbonyl (C=O) groups excluding carboxylic acids is 1. The van der Waals surface area contributed by atoms with E-state index >= 15 is 0 Å². The summed E-state index contributed by atoms with van der Waals surface area (Å²) in [6.07, 6.45) is 4.13. The van der Waals surface area contributed by atoms with E-state index < -0.39 is 5.60 Å². The van der Waals surface area contributed by atoms with Gasteiger partial charge in [0.05, 0.1) is 0 Å². The number of carbonyl (C=O) groups is 1. The molecule has 1 N–H and O–H groups in total. The number of hydrogen-bond acceptors (Lipinski definition) is 3. The Balaban J connectivity index is 2.29. The van der Waals surface area contributed by atoms with Gasteiger partial charge in [0.1, 0.15) is 5.60 Å². The van der Waals surface area contributed by atoms with Crippen molar-refractivity contribution in [3.63, 3.8) is 0 Å². The van der Waals surface area contributed by atoms with Gasteiger partial charge in [-0.2, -0.15) is 0 Å². The number of hydrogen-bond donors (Lipinski definition) is 1. The molecule has 0 heterocycles. The van der Waals surface area contributed by atoms with Crippen molar-refractivity contribution in [2.45, 2.75) is 71.1 Å². The summed E-state index contributed by atoms with van der Waals surface area (Å²) in [5, 5.41) is 2.97. The fourth-order valence-electron chi connectivity index (χ4n) is 2.39. The Morgan fingerprint density at radius 3 is 2.28 bits per heavy atom. The van der Waals surface area contributed by atoms with Crippen molar-refractivity contribution >= 4 is 6.09 Å². The highest BCUT2D eigenvalue weighted by molar-refractivity contribution is 5.68. The van der Waals surface area contributed by atoms with Crippen LogP contribution in [0.15, 0.2) is 0 Å². The molecule has 1 aliphatic carbocycles. The van der Waals surface area contributed by atoms with Crippen molar-refractivity contribution in [3.05, 3.63) is 0 Å². The molecule has 1 rings (SSSR count). The highest BCUT2D eigenvalue weighted by Gasteiger charge is 2.25. The molecular weight excluding hydrogens is 228 g/mol. The molecule has 0 unspecified atom stereocenters. The fraction of sp³-hybridized carbons (Fsp3) is 0.929. The Kier molecular flexibility index (Phi) is 5.45. The summed E-state index contributed by atoms with van der Waals surface area (Å²) in [6.45, 7) is 8.94. The molecule has 0 aromatic heterocycles. The number of rotatable bonds is 3. The lowest BCUT2D eigenvalue weighted by molar-refractivity contribution is 0.0481. The molecule has 0 aromatic rings. The number of nitrogens with zero attached hydrogens (tertiary/aromatic N) is 1. The van der Waals surface area contributed by atoms with E-state index in [1.165, 1.54) is 0 Å². The lowest BCUT2D eigenvalue weighted by atomic mass is 9.90. The highest BCUT2D eigenvalue weighted by atomic mass is 16.6. The zero-order valence-electron chi connectivity index (χ0n) is 12.5. The lowest BCUT2D eigenvalue weighted by Crippen LogP contribution is -2.44. The molecule has 4 heteroatoms. The van der Waals surface area contributed by atoms with Crippen molar-refractivity contribution < 1.29 is 9.53 Å². The standard InChI is InChI=1S/C14H28N2O2/c1-6-16(5)12-9-7-11(8-10-12)15-13(17)18-14(2,3)4/h11-12H,6-10H2,1-5H3,(H,15,17). The van der Waals surface area contributed by atoms with Gasteiger partial charge in [0.25, 0.3) is 0 Å². The van der Waals surface area contributed by atoms with Crippen molar-refractivity contribution in [1.29, 1.82) is 0 Å². The first-order valence-corrected chi connectivity index (χ1v) is 7.01. The first kappa shape index (κ1) is 15.3. The molecular formula is C14H28N2O2. The van der Waals surface area contributed by atoms with Gasteiger partial charge in [0, 0.05) is 12.1 Å². The Labute approximate surface area is 111 Å². The molecule has 0 aliphatic heterocycles. The molecule has 0 saturated heterocycles. The van der Waals surface area contributed by atoms with Crippen LogP contribution in [0.1, 0.15) is 53.4 Å². The van der Waals surface area contributed by atoms with Crippen LogP contribution in [-0.2, 0) is 4.74 Å². The van der Waals surface area contributed by atoms with E-state index in [1.807, 2.05) is 20.8 Å². The van der Waals surface area contributed by atoms with Crippen molar-refractivity contribution in [3.8, 4) is 0 Å². The van der Waals surface area contributed by atoms with Crippen LogP contribution in [0.2, 0.25) is 0 Å². The van der Waals surface area contributed by atoms with E-state index in [1.54, 1.807) is 0 Å². The zero-order chi connectivity index (χ0) is 13.8. The second kappa shape index (κ2) is 6.41. The summed E-state index contributed by atoms with van der Waals surface area (Å²) in [7, 11) is 2.17. The second-order valence-electron chi connectivity index (χ2n) is 6.22. The molecule has 106 valence electrons. The van der Waals surface area contributed by atoms with Gasteiger partial charge in [-0.25, -0.2) is 4.79 Å². The van der Waals surface area contributed by atoms with Crippen molar-refractivity contribution in [1.82, 2.24) is 10.2 Å². The van der Waals surface area contributed by atoms with Crippen LogP contribution >= 0.6 is 0 Å². The van der Waals surface area contributed by atoms with Gasteiger partial charge in [-0.3, -0.25) is 0 Å². The zero-order valence-corrected chi connectivity index (χ0v) is 12.5. The second-order valence-corrected chi connectivity index (χ2v) is 6.22. The van der Waals surface area contributed by atoms with Gasteiger partial charge < -0.3 is 15.0 Å². The van der Waals surface area contributed by atoms with Gasteiger partial charge in [-0.1, -0.05) is 6.92 Å². The average Bonchev–Trinajstić information content (AvgIpc) is 2.26. The van der Waals surface area contributed by atoms with Gasteiger partial charge in [0.2, 0.25) is 0 Å². The molecule has 0 aromatic carbocycles. The van der Waals surface area contributed by atoms with Gasteiger partial charge in [0.15, 0.2) is 0 Å². The molecule has 4 nitrogen and oxygen atoms in total. The normalized spacial score (nSPS) is 25.0. The first-order chi connectivity index (χ1) is 8.31. The number of alkyl carbamates (subject to hydrolysis) is 1. The molecule has 18 heavy (non-hydrogen) atoms. The van der Waals surface area contributed by atoms with E-state index in [9.17, 15) is 4.79 Å². The van der Waals surface area contributed by atoms with Crippen molar-refractivity contribution in [2.24, 2.45) is 0 Å². The third kappa shape index (κ3) is 5.25. The van der Waals surface area contributed by atoms with Gasteiger partial charge in [-0.05, 0) is 60.0 Å². The first-order valence-electron chi connectivity index (χ1n) is 7.01. The van der Waals surface area contributed by atoms with Gasteiger partial charge in [-0.15, -0.1) is 0 Å². The highest BCUT2D eigenvalue weighted by Crippen LogP contribution is 2.22. The molecule has 1 fully saturated rings. The van der Waals surface area contributed by atoms with E-state index in [0.717, 1.165) is 32.2 Å². The minimum absolute atomic E-state index is 0.279. The Morgan fingerprint density at radius 2 is 1.83 bits per heavy atom. The van der Waals surface area contributed by atoms with Gasteiger partial charge >= 0.3 is 6.09 Å². The predicted octanol–water partition coefficient (Wildman–Crippen LogP) is 2.77. The minimum atomic E-state index is -0.413. The number of nitrogens with one attached hydrogen (secondary N) is 1. The molecule has 0 radical (unpaired) electrons. The maximum absolute atomic E-state index is 11.7. The molecule has 0 bridgehead atoms. The smallest absolute Gasteiger partial charge is 0.407 e. The summed E-state index contributed by atoms with van der Waals surface area (Å²) in [5.41, 5.74) is -0.413. The van der Waals surface area contributed by atoms with Crippen LogP contribution in [0.25, 0.3) is 0 Å². The molecule has 1 amide bonds. The van der Waals surface area contributed by atoms with E-state index in [2.05, 4.69) is 24.2 Å². The summed E-state index contributed by atoms with van der Waals surface area (Å²) in [5.74, 6) is 0. The van der Waals surface area contributed by atoms with Crippen LogP contribution in [-0.4, -0.2) is 42.3 Å². The Hall–Kier alpha value is -0.770. The topological polar surface area (TPSA) is 41.6 Å². The van der Waals surface area contributed by atoms with Crippen LogP contribution in [0, 0.1) is 0 Å². The summed E-state index contributed by atoms with van der Waals surface area (Å²) >= 11 is 0. The lowest BCUT2D eigenvalue weighted by Gasteiger charge is -2.34. The Morgan fingerprint density at radius 1 is 1.28 bits per heavy atom. The molecule has 1 saturated carbocycles. The van der Waals surface area contributed by atoms with E-state index in [0.29, 0.717) is 6.04 Å². The SMILES string of the molecule is CCN(C)C1CCC(NC(=O)OC(C)(C)C)CC1. The monoisotopic (exact) mass is 256 g/mol. The minimum Gasteiger partial charge on any atom is -0.444 e. The van der Waals surface area contributed by atoms with Crippen LogP contribution in [0.5, 0.6) is 0 Å². The summed E-state index contributed by atoms with van der Waals surface area (Å²) in [4.78, 5) is 14.0. The average molecular weight is 256 g/mol. The number of ether oxygens (including phenoxy) is 1. The Bertz CT molecular complexity index is 265. The largest absolute Gasteiger partial charge is 0.444 e. The molecule has 0 atom stereocenters. The summed E-state index contributed by atoms with van der Waals surface area (Å²) in [6, 6.07) is 0.952. The molecule has 0 spiro atoms. The van der Waals surface area contributed by atoms with Crippen LogP contribution < -0.4 is 5.32 Å². The third-order valence-corrected chi connectivity index (χ3v) is 3.54. The van der Waals surface area contributed by atoms with E-state index in [-0.39, 0.29) is 12.1 Å².